The van der Waals surface area contributed by atoms with Crippen molar-refractivity contribution in [2.45, 2.75) is 51.2 Å². The van der Waals surface area contributed by atoms with Gasteiger partial charge in [0.05, 0.1) is 23.6 Å². The molecule has 3 aliphatic rings. The fourth-order valence-electron chi connectivity index (χ4n) is 7.38. The standard InChI is InChI=1S/C35H39N9O3/c1-41-12-9-32-29(22-41)34(40-44(32)26-10-15-47-16-11-26)27-4-2-3-24-17-31(36-19-28(24)27)25-18-37-43(21-25)20-23-7-13-42(14-8-23)33-6-5-30(35(45)46)38-39-33/h2-6,17-19,21,23,26H,7-16,20,22H2,1H3,(H,45,46). The van der Waals surface area contributed by atoms with Crippen LogP contribution in [0.4, 0.5) is 5.82 Å². The SMILES string of the molecule is CN1CCc2c(c(-c3cccc4cc(-c5cnn(CC6CCN(c7ccc(C(=O)O)nn7)CC6)c5)ncc34)nn2C2CCOCC2)C1. The fourth-order valence-corrected chi connectivity index (χ4v) is 7.38. The first-order valence-electron chi connectivity index (χ1n) is 16.6. The van der Waals surface area contributed by atoms with Crippen LogP contribution in [0.25, 0.3) is 33.3 Å². The molecule has 8 rings (SSSR count). The molecular weight excluding hydrogens is 594 g/mol. The van der Waals surface area contributed by atoms with Crippen LogP contribution in [0.1, 0.15) is 53.5 Å². The molecule has 7 heterocycles. The summed E-state index contributed by atoms with van der Waals surface area (Å²) in [7, 11) is 2.19. The van der Waals surface area contributed by atoms with Crippen molar-refractivity contribution in [3.05, 3.63) is 71.9 Å². The summed E-state index contributed by atoms with van der Waals surface area (Å²) in [5.41, 5.74) is 6.83. The summed E-state index contributed by atoms with van der Waals surface area (Å²) in [6.07, 6.45) is 11.1. The lowest BCUT2D eigenvalue weighted by Gasteiger charge is -2.32. The van der Waals surface area contributed by atoms with Crippen LogP contribution in [-0.2, 0) is 24.2 Å². The highest BCUT2D eigenvalue weighted by Crippen LogP contribution is 2.37. The molecule has 0 aliphatic carbocycles. The van der Waals surface area contributed by atoms with Crippen LogP contribution in [0, 0.1) is 5.92 Å². The number of fused-ring (bicyclic) bond motifs is 2. The van der Waals surface area contributed by atoms with Gasteiger partial charge >= 0.3 is 5.97 Å². The fraction of sp³-hybridized carbons (Fsp3) is 0.429. The number of ether oxygens (including phenoxy) is 1. The second-order valence-corrected chi connectivity index (χ2v) is 13.1. The first kappa shape index (κ1) is 29.7. The van der Waals surface area contributed by atoms with E-state index in [-0.39, 0.29) is 5.69 Å². The minimum atomic E-state index is -1.06. The minimum Gasteiger partial charge on any atom is -0.476 e. The minimum absolute atomic E-state index is 0.0381. The molecule has 0 radical (unpaired) electrons. The predicted octanol–water partition coefficient (Wildman–Crippen LogP) is 4.71. The molecule has 1 N–H and O–H groups in total. The van der Waals surface area contributed by atoms with E-state index in [1.807, 2.05) is 17.1 Å². The normalized spacial score (nSPS) is 18.1. The topological polar surface area (TPSA) is 127 Å². The number of piperidine rings is 1. The van der Waals surface area contributed by atoms with Gasteiger partial charge in [-0.05, 0) is 62.2 Å². The Morgan fingerprint density at radius 2 is 1.87 bits per heavy atom. The number of hydrogen-bond acceptors (Lipinski definition) is 9. The number of aromatic carboxylic acids is 1. The Morgan fingerprint density at radius 3 is 2.66 bits per heavy atom. The zero-order valence-corrected chi connectivity index (χ0v) is 26.6. The molecule has 0 spiro atoms. The molecule has 12 heteroatoms. The van der Waals surface area contributed by atoms with Crippen molar-refractivity contribution in [2.24, 2.45) is 5.92 Å². The second-order valence-electron chi connectivity index (χ2n) is 13.1. The second kappa shape index (κ2) is 12.5. The maximum absolute atomic E-state index is 11.1. The van der Waals surface area contributed by atoms with Gasteiger partial charge in [-0.25, -0.2) is 4.79 Å². The van der Waals surface area contributed by atoms with E-state index in [0.717, 1.165) is 117 Å². The van der Waals surface area contributed by atoms with Crippen LogP contribution in [0.5, 0.6) is 0 Å². The Kier molecular flexibility index (Phi) is 7.90. The number of pyridine rings is 1. The van der Waals surface area contributed by atoms with E-state index in [2.05, 4.69) is 62.2 Å². The number of anilines is 1. The maximum Gasteiger partial charge on any atom is 0.356 e. The van der Waals surface area contributed by atoms with E-state index in [1.165, 1.54) is 17.3 Å². The number of hydrogen-bond donors (Lipinski definition) is 1. The van der Waals surface area contributed by atoms with Crippen molar-refractivity contribution in [2.75, 3.05) is 44.8 Å². The van der Waals surface area contributed by atoms with E-state index in [1.54, 1.807) is 6.07 Å². The molecule has 4 aromatic heterocycles. The maximum atomic E-state index is 11.1. The molecule has 242 valence electrons. The quantitative estimate of drug-likeness (QED) is 0.269. The number of rotatable bonds is 7. The van der Waals surface area contributed by atoms with Crippen LogP contribution in [-0.4, -0.2) is 90.6 Å². The number of carbonyl (C=O) groups is 1. The summed E-state index contributed by atoms with van der Waals surface area (Å²) in [5, 5.41) is 29.3. The summed E-state index contributed by atoms with van der Waals surface area (Å²) in [4.78, 5) is 20.6. The first-order chi connectivity index (χ1) is 23.0. The number of nitrogens with zero attached hydrogens (tertiary/aromatic N) is 9. The third-order valence-electron chi connectivity index (χ3n) is 10.0. The zero-order chi connectivity index (χ0) is 31.9. The highest BCUT2D eigenvalue weighted by atomic mass is 16.5. The van der Waals surface area contributed by atoms with Crippen molar-refractivity contribution >= 4 is 22.6 Å². The Morgan fingerprint density at radius 1 is 1.02 bits per heavy atom. The highest BCUT2D eigenvalue weighted by Gasteiger charge is 2.29. The number of carboxylic acid groups (broad SMARTS) is 1. The lowest BCUT2D eigenvalue weighted by molar-refractivity contribution is 0.0651. The predicted molar refractivity (Wildman–Crippen MR) is 177 cm³/mol. The van der Waals surface area contributed by atoms with Gasteiger partial charge in [0.1, 0.15) is 0 Å². The van der Waals surface area contributed by atoms with E-state index < -0.39 is 5.97 Å². The molecule has 47 heavy (non-hydrogen) atoms. The number of carboxylic acids is 1. The van der Waals surface area contributed by atoms with E-state index >= 15 is 0 Å². The molecule has 2 saturated heterocycles. The molecule has 2 fully saturated rings. The van der Waals surface area contributed by atoms with Crippen LogP contribution in [0.2, 0.25) is 0 Å². The average Bonchev–Trinajstić information content (AvgIpc) is 3.73. The molecule has 0 unspecified atom stereocenters. The zero-order valence-electron chi connectivity index (χ0n) is 26.6. The lowest BCUT2D eigenvalue weighted by atomic mass is 9.96. The highest BCUT2D eigenvalue weighted by molar-refractivity contribution is 5.97. The molecule has 0 atom stereocenters. The van der Waals surface area contributed by atoms with Crippen molar-refractivity contribution in [3.8, 4) is 22.5 Å². The van der Waals surface area contributed by atoms with Crippen LogP contribution >= 0.6 is 0 Å². The average molecular weight is 634 g/mol. The van der Waals surface area contributed by atoms with Crippen molar-refractivity contribution < 1.29 is 14.6 Å². The Labute approximate surface area is 273 Å². The van der Waals surface area contributed by atoms with Crippen LogP contribution < -0.4 is 4.90 Å². The summed E-state index contributed by atoms with van der Waals surface area (Å²) >= 11 is 0. The van der Waals surface area contributed by atoms with Gasteiger partial charge in [0.15, 0.2) is 11.5 Å². The van der Waals surface area contributed by atoms with Crippen molar-refractivity contribution in [1.82, 2.24) is 39.6 Å². The van der Waals surface area contributed by atoms with Gasteiger partial charge in [0.2, 0.25) is 0 Å². The summed E-state index contributed by atoms with van der Waals surface area (Å²) < 4.78 is 10.0. The van der Waals surface area contributed by atoms with E-state index in [4.69, 9.17) is 25.0 Å². The van der Waals surface area contributed by atoms with Gasteiger partial charge in [0, 0.05) is 92.5 Å². The van der Waals surface area contributed by atoms with Gasteiger partial charge < -0.3 is 19.6 Å². The lowest BCUT2D eigenvalue weighted by Crippen LogP contribution is -2.35. The Balaban J connectivity index is 0.991. The summed E-state index contributed by atoms with van der Waals surface area (Å²) in [5.74, 6) is 0.147. The Bertz CT molecular complexity index is 1900. The third-order valence-corrected chi connectivity index (χ3v) is 10.0. The van der Waals surface area contributed by atoms with E-state index in [9.17, 15) is 4.79 Å². The Hall–Kier alpha value is -4.68. The molecule has 3 aliphatic heterocycles. The number of likely N-dealkylation sites (N-methyl/N-ethyl adjacent to an activating group) is 1. The van der Waals surface area contributed by atoms with Gasteiger partial charge in [-0.1, -0.05) is 18.2 Å². The summed E-state index contributed by atoms with van der Waals surface area (Å²) in [6.45, 7) is 6.09. The largest absolute Gasteiger partial charge is 0.476 e. The molecular formula is C35H39N9O3. The first-order valence-corrected chi connectivity index (χ1v) is 16.6. The molecule has 5 aromatic rings. The molecule has 0 bridgehead atoms. The van der Waals surface area contributed by atoms with Gasteiger partial charge in [-0.15, -0.1) is 10.2 Å². The van der Waals surface area contributed by atoms with Gasteiger partial charge in [-0.2, -0.15) is 10.2 Å². The molecule has 0 saturated carbocycles. The molecule has 12 nitrogen and oxygen atoms in total. The monoisotopic (exact) mass is 633 g/mol. The summed E-state index contributed by atoms with van der Waals surface area (Å²) in [6, 6.07) is 12.3. The molecule has 0 amide bonds. The smallest absolute Gasteiger partial charge is 0.356 e. The molecule has 1 aromatic carbocycles. The van der Waals surface area contributed by atoms with Crippen molar-refractivity contribution in [1.29, 1.82) is 0 Å². The van der Waals surface area contributed by atoms with Gasteiger partial charge in [-0.3, -0.25) is 14.3 Å². The third kappa shape index (κ3) is 5.87. The number of benzene rings is 1. The van der Waals surface area contributed by atoms with Crippen molar-refractivity contribution in [3.63, 3.8) is 0 Å². The number of aromatic nitrogens is 7. The van der Waals surface area contributed by atoms with Gasteiger partial charge in [0.25, 0.3) is 0 Å². The van der Waals surface area contributed by atoms with Crippen LogP contribution in [0.15, 0.2) is 55.0 Å². The van der Waals surface area contributed by atoms with Crippen LogP contribution in [0.3, 0.4) is 0 Å². The van der Waals surface area contributed by atoms with E-state index in [0.29, 0.717) is 12.0 Å².